The van der Waals surface area contributed by atoms with Gasteiger partial charge in [-0.3, -0.25) is 0 Å². The Morgan fingerprint density at radius 1 is 1.18 bits per heavy atom. The fourth-order valence-electron chi connectivity index (χ4n) is 1.42. The van der Waals surface area contributed by atoms with Crippen molar-refractivity contribution in [2.24, 2.45) is 0 Å². The van der Waals surface area contributed by atoms with E-state index in [1.165, 1.54) is 6.20 Å². The van der Waals surface area contributed by atoms with Crippen LogP contribution < -0.4 is 4.74 Å². The zero-order valence-electron chi connectivity index (χ0n) is 9.25. The number of carboxylic acid groups (broad SMARTS) is 1. The largest absolute Gasteiger partial charge is 0.476 e. The minimum Gasteiger partial charge on any atom is -0.476 e. The van der Waals surface area contributed by atoms with Crippen LogP contribution in [0, 0.1) is 6.92 Å². The van der Waals surface area contributed by atoms with Gasteiger partial charge in [0, 0.05) is 6.20 Å². The number of carboxylic acids is 1. The summed E-state index contributed by atoms with van der Waals surface area (Å²) in [7, 11) is 0. The average Bonchev–Trinajstić information content (AvgIpc) is 2.32. The summed E-state index contributed by atoms with van der Waals surface area (Å²) in [6.07, 6.45) is 1.42. The number of aromatic carboxylic acids is 1. The van der Waals surface area contributed by atoms with Crippen molar-refractivity contribution in [1.82, 2.24) is 4.98 Å². The highest BCUT2D eigenvalue weighted by Crippen LogP contribution is 2.26. The van der Waals surface area contributed by atoms with E-state index in [1.807, 2.05) is 25.1 Å². The SMILES string of the molecule is Cc1ccccc1Oc1cccnc1C(=O)O. The third-order valence-electron chi connectivity index (χ3n) is 2.29. The van der Waals surface area contributed by atoms with Crippen LogP contribution in [0.5, 0.6) is 11.5 Å². The van der Waals surface area contributed by atoms with Crippen LogP contribution >= 0.6 is 0 Å². The molecule has 0 saturated heterocycles. The van der Waals surface area contributed by atoms with Gasteiger partial charge in [0.05, 0.1) is 0 Å². The summed E-state index contributed by atoms with van der Waals surface area (Å²) in [6, 6.07) is 10.6. The number of benzene rings is 1. The van der Waals surface area contributed by atoms with Crippen LogP contribution in [0.25, 0.3) is 0 Å². The van der Waals surface area contributed by atoms with Gasteiger partial charge in [-0.2, -0.15) is 0 Å². The molecule has 0 bridgehead atoms. The van der Waals surface area contributed by atoms with Crippen molar-refractivity contribution >= 4 is 5.97 Å². The Morgan fingerprint density at radius 2 is 1.88 bits per heavy atom. The molecular formula is C13H11NO3. The number of carbonyl (C=O) groups is 1. The zero-order valence-corrected chi connectivity index (χ0v) is 9.25. The Balaban J connectivity index is 2.37. The molecule has 0 aliphatic carbocycles. The number of ether oxygens (including phenoxy) is 1. The Labute approximate surface area is 98.5 Å². The molecule has 0 amide bonds. The van der Waals surface area contributed by atoms with Crippen LogP contribution in [0.2, 0.25) is 0 Å². The van der Waals surface area contributed by atoms with E-state index in [0.29, 0.717) is 5.75 Å². The highest BCUT2D eigenvalue weighted by molar-refractivity contribution is 5.88. The van der Waals surface area contributed by atoms with Crippen molar-refractivity contribution in [2.75, 3.05) is 0 Å². The van der Waals surface area contributed by atoms with Gasteiger partial charge in [-0.05, 0) is 30.7 Å². The molecule has 0 atom stereocenters. The Hall–Kier alpha value is -2.36. The van der Waals surface area contributed by atoms with E-state index >= 15 is 0 Å². The maximum absolute atomic E-state index is 11.0. The molecule has 0 aliphatic heterocycles. The van der Waals surface area contributed by atoms with E-state index in [2.05, 4.69) is 4.98 Å². The number of hydrogen-bond donors (Lipinski definition) is 1. The van der Waals surface area contributed by atoms with Gasteiger partial charge in [0.15, 0.2) is 11.4 Å². The van der Waals surface area contributed by atoms with Gasteiger partial charge in [-0.25, -0.2) is 9.78 Å². The maximum Gasteiger partial charge on any atom is 0.358 e. The summed E-state index contributed by atoms with van der Waals surface area (Å²) >= 11 is 0. The number of rotatable bonds is 3. The van der Waals surface area contributed by atoms with Gasteiger partial charge < -0.3 is 9.84 Å². The van der Waals surface area contributed by atoms with Gasteiger partial charge in [0.2, 0.25) is 0 Å². The van der Waals surface area contributed by atoms with Gasteiger partial charge >= 0.3 is 5.97 Å². The molecule has 0 spiro atoms. The second-order valence-corrected chi connectivity index (χ2v) is 3.52. The first-order chi connectivity index (χ1) is 8.18. The molecule has 0 fully saturated rings. The lowest BCUT2D eigenvalue weighted by molar-refractivity contribution is 0.0687. The minimum atomic E-state index is -1.10. The first-order valence-corrected chi connectivity index (χ1v) is 5.10. The standard InChI is InChI=1S/C13H11NO3/c1-9-5-2-3-6-10(9)17-11-7-4-8-14-12(11)13(15)16/h2-8H,1H3,(H,15,16). The monoisotopic (exact) mass is 229 g/mol. The van der Waals surface area contributed by atoms with Crippen LogP contribution in [0.1, 0.15) is 16.1 Å². The van der Waals surface area contributed by atoms with Crippen molar-refractivity contribution in [2.45, 2.75) is 6.92 Å². The lowest BCUT2D eigenvalue weighted by atomic mass is 10.2. The van der Waals surface area contributed by atoms with Crippen LogP contribution in [0.4, 0.5) is 0 Å². The predicted octanol–water partition coefficient (Wildman–Crippen LogP) is 2.88. The van der Waals surface area contributed by atoms with E-state index < -0.39 is 5.97 Å². The maximum atomic E-state index is 11.0. The quantitative estimate of drug-likeness (QED) is 0.879. The summed E-state index contributed by atoms with van der Waals surface area (Å²) < 4.78 is 5.56. The lowest BCUT2D eigenvalue weighted by Gasteiger charge is -2.09. The summed E-state index contributed by atoms with van der Waals surface area (Å²) in [5.41, 5.74) is 0.850. The number of para-hydroxylation sites is 1. The number of nitrogens with zero attached hydrogens (tertiary/aromatic N) is 1. The number of aryl methyl sites for hydroxylation is 1. The van der Waals surface area contributed by atoms with Crippen molar-refractivity contribution in [3.05, 3.63) is 53.9 Å². The molecule has 0 radical (unpaired) electrons. The lowest BCUT2D eigenvalue weighted by Crippen LogP contribution is -2.03. The van der Waals surface area contributed by atoms with Crippen molar-refractivity contribution < 1.29 is 14.6 Å². The Kier molecular flexibility index (Phi) is 3.05. The van der Waals surface area contributed by atoms with E-state index in [-0.39, 0.29) is 11.4 Å². The molecule has 0 saturated carbocycles. The molecule has 4 heteroatoms. The predicted molar refractivity (Wildman–Crippen MR) is 62.4 cm³/mol. The second-order valence-electron chi connectivity index (χ2n) is 3.52. The Bertz CT molecular complexity index is 552. The van der Waals surface area contributed by atoms with Crippen molar-refractivity contribution in [3.63, 3.8) is 0 Å². The van der Waals surface area contributed by atoms with Crippen LogP contribution in [-0.4, -0.2) is 16.1 Å². The minimum absolute atomic E-state index is 0.0873. The molecule has 0 aliphatic rings. The third kappa shape index (κ3) is 2.42. The molecule has 2 aromatic rings. The van der Waals surface area contributed by atoms with Crippen LogP contribution in [-0.2, 0) is 0 Å². The highest BCUT2D eigenvalue weighted by Gasteiger charge is 2.13. The number of pyridine rings is 1. The average molecular weight is 229 g/mol. The van der Waals surface area contributed by atoms with Crippen molar-refractivity contribution in [3.8, 4) is 11.5 Å². The van der Waals surface area contributed by atoms with Crippen LogP contribution in [0.3, 0.4) is 0 Å². The molecule has 1 aromatic carbocycles. The van der Waals surface area contributed by atoms with Gasteiger partial charge in [0.1, 0.15) is 5.75 Å². The molecule has 86 valence electrons. The Morgan fingerprint density at radius 3 is 2.59 bits per heavy atom. The van der Waals surface area contributed by atoms with Gasteiger partial charge in [-0.15, -0.1) is 0 Å². The van der Waals surface area contributed by atoms with E-state index in [0.717, 1.165) is 5.56 Å². The summed E-state index contributed by atoms with van der Waals surface area (Å²) in [5.74, 6) is -0.230. The number of hydrogen-bond acceptors (Lipinski definition) is 3. The molecule has 1 N–H and O–H groups in total. The fourth-order valence-corrected chi connectivity index (χ4v) is 1.42. The fraction of sp³-hybridized carbons (Fsp3) is 0.0769. The molecule has 4 nitrogen and oxygen atoms in total. The second kappa shape index (κ2) is 4.65. The third-order valence-corrected chi connectivity index (χ3v) is 2.29. The highest BCUT2D eigenvalue weighted by atomic mass is 16.5. The molecule has 17 heavy (non-hydrogen) atoms. The van der Waals surface area contributed by atoms with E-state index in [1.54, 1.807) is 18.2 Å². The zero-order chi connectivity index (χ0) is 12.3. The smallest absolute Gasteiger partial charge is 0.358 e. The van der Waals surface area contributed by atoms with Crippen LogP contribution in [0.15, 0.2) is 42.6 Å². The summed E-state index contributed by atoms with van der Waals surface area (Å²) in [6.45, 7) is 1.89. The summed E-state index contributed by atoms with van der Waals surface area (Å²) in [5, 5.41) is 8.97. The molecular weight excluding hydrogens is 218 g/mol. The number of aromatic nitrogens is 1. The first kappa shape index (κ1) is 11.1. The molecule has 1 heterocycles. The molecule has 1 aromatic heterocycles. The summed E-state index contributed by atoms with van der Waals surface area (Å²) in [4.78, 5) is 14.7. The van der Waals surface area contributed by atoms with Gasteiger partial charge in [-0.1, -0.05) is 18.2 Å². The van der Waals surface area contributed by atoms with Gasteiger partial charge in [0.25, 0.3) is 0 Å². The topological polar surface area (TPSA) is 59.4 Å². The molecule has 2 rings (SSSR count). The normalized spacial score (nSPS) is 9.94. The van der Waals surface area contributed by atoms with E-state index in [9.17, 15) is 4.79 Å². The molecule has 0 unspecified atom stereocenters. The van der Waals surface area contributed by atoms with E-state index in [4.69, 9.17) is 9.84 Å². The first-order valence-electron chi connectivity index (χ1n) is 5.10. The van der Waals surface area contributed by atoms with Crippen molar-refractivity contribution in [1.29, 1.82) is 0 Å².